The normalized spacial score (nSPS) is 14.7. The highest BCUT2D eigenvalue weighted by Crippen LogP contribution is 2.06. The third-order valence-corrected chi connectivity index (χ3v) is 2.16. The third kappa shape index (κ3) is 8.81. The Morgan fingerprint density at radius 2 is 1.83 bits per heavy atom. The van der Waals surface area contributed by atoms with E-state index in [0.717, 1.165) is 0 Å². The van der Waals surface area contributed by atoms with E-state index in [9.17, 15) is 9.59 Å². The summed E-state index contributed by atoms with van der Waals surface area (Å²) in [6.45, 7) is 9.34. The molecule has 1 amide bonds. The van der Waals surface area contributed by atoms with Crippen LogP contribution in [0.15, 0.2) is 0 Å². The summed E-state index contributed by atoms with van der Waals surface area (Å²) in [5.41, 5.74) is -0.514. The van der Waals surface area contributed by atoms with Gasteiger partial charge in [0.25, 0.3) is 0 Å². The molecule has 18 heavy (non-hydrogen) atoms. The summed E-state index contributed by atoms with van der Waals surface area (Å²) in [6.07, 6.45) is 0.179. The summed E-state index contributed by atoms with van der Waals surface area (Å²) in [5.74, 6) is -0.886. The molecule has 0 heterocycles. The van der Waals surface area contributed by atoms with Crippen molar-refractivity contribution in [3.8, 4) is 0 Å². The predicted molar refractivity (Wildman–Crippen MR) is 68.5 cm³/mol. The maximum Gasteiger partial charge on any atom is 0.407 e. The molecule has 0 spiro atoms. The first-order valence-corrected chi connectivity index (χ1v) is 6.07. The van der Waals surface area contributed by atoms with Crippen LogP contribution in [-0.2, 0) is 9.53 Å². The zero-order chi connectivity index (χ0) is 14.3. The maximum absolute atomic E-state index is 11.4. The van der Waals surface area contributed by atoms with Crippen LogP contribution in [0.25, 0.3) is 0 Å². The van der Waals surface area contributed by atoms with E-state index in [1.807, 2.05) is 6.92 Å². The van der Waals surface area contributed by atoms with Crippen molar-refractivity contribution in [3.05, 3.63) is 0 Å². The molecule has 0 aliphatic rings. The van der Waals surface area contributed by atoms with Gasteiger partial charge in [-0.15, -0.1) is 0 Å². The van der Waals surface area contributed by atoms with Crippen molar-refractivity contribution < 1.29 is 19.4 Å². The second-order valence-corrected chi connectivity index (χ2v) is 5.35. The minimum Gasteiger partial charge on any atom is -0.480 e. The highest BCUT2D eigenvalue weighted by atomic mass is 16.6. The quantitative estimate of drug-likeness (QED) is 0.671. The average Bonchev–Trinajstić information content (AvgIpc) is 2.13. The van der Waals surface area contributed by atoms with E-state index in [1.165, 1.54) is 0 Å². The van der Waals surface area contributed by atoms with Crippen LogP contribution in [0, 0.1) is 0 Å². The van der Waals surface area contributed by atoms with Crippen LogP contribution in [0.1, 0.15) is 41.0 Å². The molecule has 0 radical (unpaired) electrons. The summed E-state index contributed by atoms with van der Waals surface area (Å²) >= 11 is 0. The Kier molecular flexibility index (Phi) is 6.68. The third-order valence-electron chi connectivity index (χ3n) is 2.16. The number of carboxylic acids is 1. The van der Waals surface area contributed by atoms with Gasteiger partial charge in [0, 0.05) is 6.04 Å². The molecule has 0 rings (SSSR count). The van der Waals surface area contributed by atoms with E-state index in [-0.39, 0.29) is 6.04 Å². The minimum absolute atomic E-state index is 0.0756. The number of hydrogen-bond donors (Lipinski definition) is 3. The molecule has 0 aromatic heterocycles. The van der Waals surface area contributed by atoms with Gasteiger partial charge < -0.3 is 20.5 Å². The fourth-order valence-corrected chi connectivity index (χ4v) is 1.18. The Bertz CT molecular complexity index is 286. The van der Waals surface area contributed by atoms with E-state index in [2.05, 4.69) is 10.6 Å². The molecule has 106 valence electrons. The van der Waals surface area contributed by atoms with E-state index in [1.54, 1.807) is 27.7 Å². The summed E-state index contributed by atoms with van der Waals surface area (Å²) in [4.78, 5) is 22.0. The van der Waals surface area contributed by atoms with Gasteiger partial charge in [-0.25, -0.2) is 4.79 Å². The van der Waals surface area contributed by atoms with E-state index in [0.29, 0.717) is 13.0 Å². The van der Waals surface area contributed by atoms with Crippen LogP contribution in [0.5, 0.6) is 0 Å². The number of aliphatic carboxylic acids is 1. The first-order chi connectivity index (χ1) is 8.11. The minimum atomic E-state index is -0.886. The van der Waals surface area contributed by atoms with Crippen LogP contribution < -0.4 is 10.6 Å². The summed E-state index contributed by atoms with van der Waals surface area (Å²) in [7, 11) is 0. The SMILES string of the molecule is CC(CCNC(C)C(=O)O)NC(=O)OC(C)(C)C. The zero-order valence-corrected chi connectivity index (χ0v) is 11.7. The average molecular weight is 260 g/mol. The van der Waals surface area contributed by atoms with Crippen molar-refractivity contribution in [2.45, 2.75) is 58.7 Å². The smallest absolute Gasteiger partial charge is 0.407 e. The predicted octanol–water partition coefficient (Wildman–Crippen LogP) is 1.35. The van der Waals surface area contributed by atoms with Crippen LogP contribution in [-0.4, -0.2) is 41.4 Å². The number of carboxylic acid groups (broad SMARTS) is 1. The second kappa shape index (κ2) is 7.20. The molecule has 6 heteroatoms. The van der Waals surface area contributed by atoms with Gasteiger partial charge in [-0.3, -0.25) is 4.79 Å². The molecule has 0 aromatic carbocycles. The topological polar surface area (TPSA) is 87.7 Å². The van der Waals surface area contributed by atoms with Crippen LogP contribution >= 0.6 is 0 Å². The van der Waals surface area contributed by atoms with Gasteiger partial charge in [0.05, 0.1) is 0 Å². The molecule has 0 saturated heterocycles. The van der Waals surface area contributed by atoms with E-state index >= 15 is 0 Å². The Balaban J connectivity index is 3.81. The Morgan fingerprint density at radius 3 is 2.28 bits per heavy atom. The van der Waals surface area contributed by atoms with Crippen LogP contribution in [0.4, 0.5) is 4.79 Å². The molecule has 0 aliphatic carbocycles. The van der Waals surface area contributed by atoms with E-state index in [4.69, 9.17) is 9.84 Å². The van der Waals surface area contributed by atoms with Gasteiger partial charge in [0.15, 0.2) is 0 Å². The number of nitrogens with one attached hydrogen (secondary N) is 2. The largest absolute Gasteiger partial charge is 0.480 e. The highest BCUT2D eigenvalue weighted by molar-refractivity contribution is 5.72. The fourth-order valence-electron chi connectivity index (χ4n) is 1.18. The Labute approximate surface area is 108 Å². The van der Waals surface area contributed by atoms with Crippen molar-refractivity contribution in [3.63, 3.8) is 0 Å². The van der Waals surface area contributed by atoms with Crippen LogP contribution in [0.3, 0.4) is 0 Å². The number of amides is 1. The van der Waals surface area contributed by atoms with Gasteiger partial charge in [-0.2, -0.15) is 0 Å². The molecule has 2 unspecified atom stereocenters. The van der Waals surface area contributed by atoms with Crippen molar-refractivity contribution >= 4 is 12.1 Å². The molecule has 0 fully saturated rings. The van der Waals surface area contributed by atoms with Crippen molar-refractivity contribution in [1.29, 1.82) is 0 Å². The standard InChI is InChI=1S/C12H24N2O4/c1-8(6-7-13-9(2)10(15)16)14-11(17)18-12(3,4)5/h8-9,13H,6-7H2,1-5H3,(H,14,17)(H,15,16). The first kappa shape index (κ1) is 16.7. The van der Waals surface area contributed by atoms with E-state index < -0.39 is 23.7 Å². The number of carbonyl (C=O) groups excluding carboxylic acids is 1. The molecule has 3 N–H and O–H groups in total. The van der Waals surface area contributed by atoms with Gasteiger partial charge in [-0.1, -0.05) is 0 Å². The highest BCUT2D eigenvalue weighted by Gasteiger charge is 2.17. The maximum atomic E-state index is 11.4. The lowest BCUT2D eigenvalue weighted by atomic mass is 10.2. The molecular weight excluding hydrogens is 236 g/mol. The molecule has 0 aliphatic heterocycles. The number of alkyl carbamates (subject to hydrolysis) is 1. The monoisotopic (exact) mass is 260 g/mol. The Hall–Kier alpha value is -1.30. The summed E-state index contributed by atoms with van der Waals surface area (Å²) < 4.78 is 5.11. The molecule has 0 aromatic rings. The van der Waals surface area contributed by atoms with Crippen molar-refractivity contribution in [1.82, 2.24) is 10.6 Å². The Morgan fingerprint density at radius 1 is 1.28 bits per heavy atom. The second-order valence-electron chi connectivity index (χ2n) is 5.35. The van der Waals surface area contributed by atoms with Crippen molar-refractivity contribution in [2.75, 3.05) is 6.54 Å². The number of carbonyl (C=O) groups is 2. The van der Waals surface area contributed by atoms with Crippen LogP contribution in [0.2, 0.25) is 0 Å². The number of ether oxygens (including phenoxy) is 1. The summed E-state index contributed by atoms with van der Waals surface area (Å²) in [5, 5.41) is 14.2. The lowest BCUT2D eigenvalue weighted by Gasteiger charge is -2.22. The van der Waals surface area contributed by atoms with Crippen molar-refractivity contribution in [2.24, 2.45) is 0 Å². The van der Waals surface area contributed by atoms with Gasteiger partial charge in [-0.05, 0) is 47.6 Å². The molecule has 2 atom stereocenters. The number of hydrogen-bond acceptors (Lipinski definition) is 4. The molecule has 6 nitrogen and oxygen atoms in total. The molecule has 0 bridgehead atoms. The fraction of sp³-hybridized carbons (Fsp3) is 0.833. The van der Waals surface area contributed by atoms with Gasteiger partial charge >= 0.3 is 12.1 Å². The summed E-state index contributed by atoms with van der Waals surface area (Å²) in [6, 6.07) is -0.660. The van der Waals surface area contributed by atoms with Gasteiger partial charge in [0.2, 0.25) is 0 Å². The lowest BCUT2D eigenvalue weighted by Crippen LogP contribution is -2.40. The van der Waals surface area contributed by atoms with Gasteiger partial charge in [0.1, 0.15) is 11.6 Å². The number of rotatable bonds is 6. The first-order valence-electron chi connectivity index (χ1n) is 6.07. The molecule has 0 saturated carbocycles. The zero-order valence-electron chi connectivity index (χ0n) is 11.7. The molecular formula is C12H24N2O4. The lowest BCUT2D eigenvalue weighted by molar-refractivity contribution is -0.139.